The van der Waals surface area contributed by atoms with Crippen LogP contribution >= 0.6 is 11.8 Å². The van der Waals surface area contributed by atoms with E-state index < -0.39 is 0 Å². The van der Waals surface area contributed by atoms with Gasteiger partial charge in [0.15, 0.2) is 5.82 Å². The maximum Gasteiger partial charge on any atom is 0.317 e. The first-order valence-corrected chi connectivity index (χ1v) is 9.37. The number of thioether (sulfide) groups is 1. The van der Waals surface area contributed by atoms with Gasteiger partial charge >= 0.3 is 6.03 Å². The smallest absolute Gasteiger partial charge is 0.317 e. The molecule has 0 unspecified atom stereocenters. The monoisotopic (exact) mass is 340 g/mol. The van der Waals surface area contributed by atoms with Crippen LogP contribution in [0.4, 0.5) is 4.79 Å². The zero-order valence-electron chi connectivity index (χ0n) is 14.6. The Kier molecular flexibility index (Phi) is 6.33. The molecule has 7 heteroatoms. The van der Waals surface area contributed by atoms with Gasteiger partial charge in [0.05, 0.1) is 6.54 Å². The minimum Gasteiger partial charge on any atom is -0.339 e. The van der Waals surface area contributed by atoms with E-state index in [1.807, 2.05) is 18.7 Å². The third kappa shape index (κ3) is 5.71. The summed E-state index contributed by atoms with van der Waals surface area (Å²) < 4.78 is 5.53. The van der Waals surface area contributed by atoms with Crippen LogP contribution in [-0.2, 0) is 6.54 Å². The fourth-order valence-corrected chi connectivity index (χ4v) is 3.09. The van der Waals surface area contributed by atoms with Gasteiger partial charge in [-0.1, -0.05) is 32.3 Å². The molecule has 6 nitrogen and oxygen atoms in total. The van der Waals surface area contributed by atoms with Crippen molar-refractivity contribution >= 4 is 17.8 Å². The van der Waals surface area contributed by atoms with E-state index >= 15 is 0 Å². The lowest BCUT2D eigenvalue weighted by Crippen LogP contribution is -2.40. The van der Waals surface area contributed by atoms with Gasteiger partial charge in [-0.25, -0.2) is 4.79 Å². The number of hydrogen-bond acceptors (Lipinski definition) is 5. The molecule has 1 heterocycles. The standard InChI is InChI=1S/C16H28N4O2S/c1-5-20(15(21)17-9-10-23-16(2,3)4)11-13-18-14(22-19-13)12-7-6-8-12/h12H,5-11H2,1-4H3,(H,17,21). The third-order valence-electron chi connectivity index (χ3n) is 3.85. The van der Waals surface area contributed by atoms with Crippen LogP contribution in [0.15, 0.2) is 4.52 Å². The molecular formula is C16H28N4O2S. The topological polar surface area (TPSA) is 71.3 Å². The van der Waals surface area contributed by atoms with Crippen LogP contribution in [0, 0.1) is 0 Å². The molecule has 1 aliphatic rings. The number of rotatable bonds is 7. The second kappa shape index (κ2) is 8.04. The van der Waals surface area contributed by atoms with Crippen LogP contribution in [0.1, 0.15) is 64.6 Å². The number of nitrogens with zero attached hydrogens (tertiary/aromatic N) is 3. The molecule has 1 aromatic rings. The molecule has 0 spiro atoms. The van der Waals surface area contributed by atoms with Crippen molar-refractivity contribution in [2.24, 2.45) is 0 Å². The quantitative estimate of drug-likeness (QED) is 0.770. The molecule has 2 amide bonds. The molecule has 1 N–H and O–H groups in total. The minimum atomic E-state index is -0.0722. The Hall–Kier alpha value is -1.24. The van der Waals surface area contributed by atoms with Gasteiger partial charge in [-0.05, 0) is 19.8 Å². The number of carbonyl (C=O) groups excluding carboxylic acids is 1. The van der Waals surface area contributed by atoms with Crippen molar-refractivity contribution in [3.05, 3.63) is 11.7 Å². The molecule has 0 aromatic carbocycles. The minimum absolute atomic E-state index is 0.0722. The highest BCUT2D eigenvalue weighted by Crippen LogP contribution is 2.35. The Morgan fingerprint density at radius 3 is 2.74 bits per heavy atom. The van der Waals surface area contributed by atoms with Crippen molar-refractivity contribution in [3.63, 3.8) is 0 Å². The summed E-state index contributed by atoms with van der Waals surface area (Å²) >= 11 is 1.84. The van der Waals surface area contributed by atoms with Crippen molar-refractivity contribution in [1.29, 1.82) is 0 Å². The SMILES string of the molecule is CCN(Cc1noc(C2CCC2)n1)C(=O)NCCSC(C)(C)C. The Morgan fingerprint density at radius 1 is 1.43 bits per heavy atom. The van der Waals surface area contributed by atoms with Gasteiger partial charge in [-0.2, -0.15) is 16.7 Å². The van der Waals surface area contributed by atoms with Gasteiger partial charge in [-0.3, -0.25) is 0 Å². The van der Waals surface area contributed by atoms with Crippen molar-refractivity contribution in [3.8, 4) is 0 Å². The van der Waals surface area contributed by atoms with E-state index in [2.05, 4.69) is 36.2 Å². The molecule has 0 saturated heterocycles. The summed E-state index contributed by atoms with van der Waals surface area (Å²) in [7, 11) is 0. The number of amides is 2. The molecule has 0 bridgehead atoms. The fraction of sp³-hybridized carbons (Fsp3) is 0.812. The lowest BCUT2D eigenvalue weighted by Gasteiger charge is -2.21. The van der Waals surface area contributed by atoms with Crippen LogP contribution in [0.5, 0.6) is 0 Å². The van der Waals surface area contributed by atoms with Gasteiger partial charge in [0.1, 0.15) is 0 Å². The lowest BCUT2D eigenvalue weighted by atomic mass is 9.85. The first-order chi connectivity index (χ1) is 10.9. The molecule has 23 heavy (non-hydrogen) atoms. The van der Waals surface area contributed by atoms with E-state index in [1.165, 1.54) is 6.42 Å². The number of aromatic nitrogens is 2. The Morgan fingerprint density at radius 2 is 2.17 bits per heavy atom. The van der Waals surface area contributed by atoms with Crippen LogP contribution in [0.25, 0.3) is 0 Å². The molecule has 0 atom stereocenters. The zero-order valence-corrected chi connectivity index (χ0v) is 15.4. The van der Waals surface area contributed by atoms with Gasteiger partial charge in [0.2, 0.25) is 5.89 Å². The van der Waals surface area contributed by atoms with E-state index in [9.17, 15) is 4.79 Å². The molecule has 1 saturated carbocycles. The molecule has 1 fully saturated rings. The Balaban J connectivity index is 1.77. The summed E-state index contributed by atoms with van der Waals surface area (Å²) in [6, 6.07) is -0.0722. The van der Waals surface area contributed by atoms with Crippen molar-refractivity contribution < 1.29 is 9.32 Å². The number of hydrogen-bond donors (Lipinski definition) is 1. The highest BCUT2D eigenvalue weighted by Gasteiger charge is 2.26. The van der Waals surface area contributed by atoms with Gasteiger partial charge in [-0.15, -0.1) is 0 Å². The van der Waals surface area contributed by atoms with Gasteiger partial charge in [0.25, 0.3) is 0 Å². The van der Waals surface area contributed by atoms with E-state index in [0.29, 0.717) is 31.4 Å². The molecular weight excluding hydrogens is 312 g/mol. The summed E-state index contributed by atoms with van der Waals surface area (Å²) in [6.07, 6.45) is 3.49. The maximum absolute atomic E-state index is 12.2. The third-order valence-corrected chi connectivity index (χ3v) is 5.13. The van der Waals surface area contributed by atoms with Crippen LogP contribution in [0.2, 0.25) is 0 Å². The highest BCUT2D eigenvalue weighted by molar-refractivity contribution is 8.00. The molecule has 0 radical (unpaired) electrons. The average molecular weight is 340 g/mol. The van der Waals surface area contributed by atoms with Crippen molar-refractivity contribution in [2.45, 2.75) is 64.2 Å². The lowest BCUT2D eigenvalue weighted by molar-refractivity contribution is 0.196. The van der Waals surface area contributed by atoms with E-state index in [1.54, 1.807) is 4.90 Å². The zero-order chi connectivity index (χ0) is 16.9. The van der Waals surface area contributed by atoms with Crippen LogP contribution in [0.3, 0.4) is 0 Å². The predicted octanol–water partition coefficient (Wildman–Crippen LogP) is 3.40. The summed E-state index contributed by atoms with van der Waals surface area (Å²) in [5.41, 5.74) is 0. The summed E-state index contributed by atoms with van der Waals surface area (Å²) in [5.74, 6) is 2.65. The number of urea groups is 1. The maximum atomic E-state index is 12.2. The molecule has 1 aliphatic carbocycles. The highest BCUT2D eigenvalue weighted by atomic mass is 32.2. The molecule has 2 rings (SSSR count). The Labute approximate surface area is 142 Å². The summed E-state index contributed by atoms with van der Waals surface area (Å²) in [5, 5.41) is 6.96. The number of carbonyl (C=O) groups is 1. The summed E-state index contributed by atoms with van der Waals surface area (Å²) in [4.78, 5) is 18.4. The molecule has 130 valence electrons. The Bertz CT molecular complexity index is 508. The van der Waals surface area contributed by atoms with E-state index in [-0.39, 0.29) is 10.8 Å². The first kappa shape index (κ1) is 18.1. The van der Waals surface area contributed by atoms with E-state index in [0.717, 1.165) is 24.5 Å². The normalized spacial score (nSPS) is 15.3. The average Bonchev–Trinajstić information content (AvgIpc) is 2.86. The predicted molar refractivity (Wildman–Crippen MR) is 92.6 cm³/mol. The van der Waals surface area contributed by atoms with Crippen molar-refractivity contribution in [1.82, 2.24) is 20.4 Å². The van der Waals surface area contributed by atoms with Gasteiger partial charge < -0.3 is 14.7 Å². The fourth-order valence-electron chi connectivity index (χ4n) is 2.28. The van der Waals surface area contributed by atoms with Crippen LogP contribution < -0.4 is 5.32 Å². The largest absolute Gasteiger partial charge is 0.339 e. The number of nitrogens with one attached hydrogen (secondary N) is 1. The van der Waals surface area contributed by atoms with Crippen LogP contribution in [-0.4, -0.2) is 44.7 Å². The second-order valence-corrected chi connectivity index (χ2v) is 8.81. The summed E-state index contributed by atoms with van der Waals surface area (Å²) in [6.45, 7) is 10.2. The first-order valence-electron chi connectivity index (χ1n) is 8.38. The molecule has 1 aromatic heterocycles. The van der Waals surface area contributed by atoms with Crippen molar-refractivity contribution in [2.75, 3.05) is 18.8 Å². The van der Waals surface area contributed by atoms with E-state index in [4.69, 9.17) is 4.52 Å². The second-order valence-electron chi connectivity index (χ2n) is 6.88. The molecule has 0 aliphatic heterocycles. The van der Waals surface area contributed by atoms with Gasteiger partial charge in [0, 0.05) is 29.5 Å².